The molecule has 2 aromatic carbocycles. The number of para-hydroxylation sites is 1. The number of hydrogen-bond acceptors (Lipinski definition) is 3. The van der Waals surface area contributed by atoms with Gasteiger partial charge in [-0.1, -0.05) is 12.1 Å². The number of halogens is 4. The molecular formula is C21H23F4N3O. The molecule has 8 heteroatoms. The van der Waals surface area contributed by atoms with Gasteiger partial charge in [0.25, 0.3) is 5.91 Å². The first-order valence-corrected chi connectivity index (χ1v) is 9.52. The van der Waals surface area contributed by atoms with Crippen molar-refractivity contribution in [2.75, 3.05) is 44.2 Å². The van der Waals surface area contributed by atoms with Gasteiger partial charge in [0.15, 0.2) is 0 Å². The maximum atomic E-state index is 13.9. The van der Waals surface area contributed by atoms with Crippen molar-refractivity contribution in [1.29, 1.82) is 0 Å². The number of hydrogen-bond donors (Lipinski definition) is 1. The van der Waals surface area contributed by atoms with E-state index in [0.717, 1.165) is 51.3 Å². The molecule has 0 radical (unpaired) electrons. The van der Waals surface area contributed by atoms with Crippen molar-refractivity contribution in [3.05, 3.63) is 65.5 Å². The molecule has 29 heavy (non-hydrogen) atoms. The third kappa shape index (κ3) is 5.69. The van der Waals surface area contributed by atoms with Gasteiger partial charge in [0.2, 0.25) is 0 Å². The second-order valence-corrected chi connectivity index (χ2v) is 6.96. The highest BCUT2D eigenvalue weighted by molar-refractivity contribution is 5.94. The van der Waals surface area contributed by atoms with E-state index in [0.29, 0.717) is 12.2 Å². The van der Waals surface area contributed by atoms with Gasteiger partial charge in [-0.25, -0.2) is 4.39 Å². The molecule has 3 rings (SSSR count). The fraction of sp³-hybridized carbons (Fsp3) is 0.381. The number of benzene rings is 2. The molecule has 1 saturated heterocycles. The van der Waals surface area contributed by atoms with Crippen LogP contribution in [0.5, 0.6) is 0 Å². The molecule has 1 fully saturated rings. The largest absolute Gasteiger partial charge is 0.416 e. The molecule has 156 valence electrons. The lowest BCUT2D eigenvalue weighted by Gasteiger charge is -2.36. The van der Waals surface area contributed by atoms with Crippen LogP contribution in [-0.4, -0.2) is 50.1 Å². The van der Waals surface area contributed by atoms with Crippen molar-refractivity contribution in [3.8, 4) is 0 Å². The Morgan fingerprint density at radius 3 is 2.24 bits per heavy atom. The molecule has 0 aliphatic carbocycles. The molecule has 1 heterocycles. The van der Waals surface area contributed by atoms with Crippen molar-refractivity contribution in [3.63, 3.8) is 0 Å². The smallest absolute Gasteiger partial charge is 0.367 e. The fourth-order valence-electron chi connectivity index (χ4n) is 3.34. The summed E-state index contributed by atoms with van der Waals surface area (Å²) in [5.74, 6) is -0.602. The maximum absolute atomic E-state index is 13.9. The van der Waals surface area contributed by atoms with Gasteiger partial charge in [-0.05, 0) is 49.4 Å². The third-order valence-corrected chi connectivity index (χ3v) is 4.98. The average Bonchev–Trinajstić information content (AvgIpc) is 2.71. The second-order valence-electron chi connectivity index (χ2n) is 6.96. The van der Waals surface area contributed by atoms with E-state index in [1.165, 1.54) is 18.2 Å². The SMILES string of the molecule is O=C(NCCCN1CCN(c2ccccc2F)CC1)c1ccc(C(F)(F)F)cc1. The molecule has 0 bridgehead atoms. The standard InChI is InChI=1S/C21H23F4N3O/c22-18-4-1-2-5-19(18)28-14-12-27(13-15-28)11-3-10-26-20(29)16-6-8-17(9-7-16)21(23,24)25/h1-2,4-9H,3,10-15H2,(H,26,29). The van der Waals surface area contributed by atoms with E-state index < -0.39 is 11.7 Å². The lowest BCUT2D eigenvalue weighted by molar-refractivity contribution is -0.137. The van der Waals surface area contributed by atoms with Gasteiger partial charge in [0.05, 0.1) is 11.3 Å². The lowest BCUT2D eigenvalue weighted by atomic mass is 10.1. The minimum Gasteiger partial charge on any atom is -0.367 e. The minimum absolute atomic E-state index is 0.205. The first-order chi connectivity index (χ1) is 13.8. The second kappa shape index (κ2) is 9.26. The third-order valence-electron chi connectivity index (χ3n) is 4.98. The van der Waals surface area contributed by atoms with E-state index in [1.54, 1.807) is 12.1 Å². The minimum atomic E-state index is -4.41. The van der Waals surface area contributed by atoms with E-state index >= 15 is 0 Å². The zero-order chi connectivity index (χ0) is 20.9. The van der Waals surface area contributed by atoms with Crippen LogP contribution >= 0.6 is 0 Å². The van der Waals surface area contributed by atoms with Crippen LogP contribution in [0.25, 0.3) is 0 Å². The van der Waals surface area contributed by atoms with Crippen LogP contribution in [-0.2, 0) is 6.18 Å². The van der Waals surface area contributed by atoms with E-state index in [-0.39, 0.29) is 17.3 Å². The molecule has 1 N–H and O–H groups in total. The van der Waals surface area contributed by atoms with Gasteiger partial charge < -0.3 is 10.2 Å². The predicted molar refractivity (Wildman–Crippen MR) is 103 cm³/mol. The monoisotopic (exact) mass is 409 g/mol. The van der Waals surface area contributed by atoms with Crippen molar-refractivity contribution < 1.29 is 22.4 Å². The molecule has 2 aromatic rings. The highest BCUT2D eigenvalue weighted by Gasteiger charge is 2.30. The fourth-order valence-corrected chi connectivity index (χ4v) is 3.34. The molecular weight excluding hydrogens is 386 g/mol. The summed E-state index contributed by atoms with van der Waals surface area (Å²) in [7, 11) is 0. The Bertz CT molecular complexity index is 815. The first kappa shape index (κ1) is 21.1. The Morgan fingerprint density at radius 1 is 0.966 bits per heavy atom. The summed E-state index contributed by atoms with van der Waals surface area (Å²) in [4.78, 5) is 16.3. The van der Waals surface area contributed by atoms with E-state index in [2.05, 4.69) is 10.2 Å². The van der Waals surface area contributed by atoms with Gasteiger partial charge in [-0.2, -0.15) is 13.2 Å². The van der Waals surface area contributed by atoms with E-state index in [1.807, 2.05) is 11.0 Å². The Kier molecular flexibility index (Phi) is 6.74. The average molecular weight is 409 g/mol. The topological polar surface area (TPSA) is 35.6 Å². The van der Waals surface area contributed by atoms with Crippen molar-refractivity contribution in [2.24, 2.45) is 0 Å². The number of nitrogens with zero attached hydrogens (tertiary/aromatic N) is 2. The molecule has 0 saturated carbocycles. The van der Waals surface area contributed by atoms with Gasteiger partial charge in [-0.3, -0.25) is 9.69 Å². The highest BCUT2D eigenvalue weighted by Crippen LogP contribution is 2.29. The first-order valence-electron chi connectivity index (χ1n) is 9.52. The Hall–Kier alpha value is -2.61. The number of nitrogens with one attached hydrogen (secondary N) is 1. The highest BCUT2D eigenvalue weighted by atomic mass is 19.4. The van der Waals surface area contributed by atoms with Gasteiger partial charge >= 0.3 is 6.18 Å². The molecule has 0 aromatic heterocycles. The molecule has 0 unspecified atom stereocenters. The van der Waals surface area contributed by atoms with Gasteiger partial charge in [0.1, 0.15) is 5.82 Å². The maximum Gasteiger partial charge on any atom is 0.416 e. The Morgan fingerprint density at radius 2 is 1.62 bits per heavy atom. The van der Waals surface area contributed by atoms with Gasteiger partial charge in [0, 0.05) is 38.3 Å². The summed E-state index contributed by atoms with van der Waals surface area (Å²) >= 11 is 0. The number of rotatable bonds is 6. The predicted octanol–water partition coefficient (Wildman–Crippen LogP) is 3.79. The number of amides is 1. The summed E-state index contributed by atoms with van der Waals surface area (Å²) in [5.41, 5.74) is 0.0519. The van der Waals surface area contributed by atoms with E-state index in [4.69, 9.17) is 0 Å². The molecule has 4 nitrogen and oxygen atoms in total. The van der Waals surface area contributed by atoms with Crippen molar-refractivity contribution >= 4 is 11.6 Å². The van der Waals surface area contributed by atoms with Crippen LogP contribution in [0.1, 0.15) is 22.3 Å². The zero-order valence-corrected chi connectivity index (χ0v) is 15.9. The van der Waals surface area contributed by atoms with Crippen LogP contribution < -0.4 is 10.2 Å². The summed E-state index contributed by atoms with van der Waals surface area (Å²) in [6, 6.07) is 10.9. The Labute approximate surface area is 167 Å². The van der Waals surface area contributed by atoms with Crippen LogP contribution in [0.3, 0.4) is 0 Å². The van der Waals surface area contributed by atoms with Gasteiger partial charge in [-0.15, -0.1) is 0 Å². The molecule has 1 aliphatic rings. The molecule has 0 spiro atoms. The quantitative estimate of drug-likeness (QED) is 0.583. The van der Waals surface area contributed by atoms with Crippen molar-refractivity contribution in [2.45, 2.75) is 12.6 Å². The number of carbonyl (C=O) groups is 1. The van der Waals surface area contributed by atoms with Crippen LogP contribution in [0.15, 0.2) is 48.5 Å². The molecule has 0 atom stereocenters. The van der Waals surface area contributed by atoms with Crippen molar-refractivity contribution in [1.82, 2.24) is 10.2 Å². The number of anilines is 1. The summed E-state index contributed by atoms with van der Waals surface area (Å²) in [6.07, 6.45) is -3.68. The number of alkyl halides is 3. The van der Waals surface area contributed by atoms with Crippen LogP contribution in [0, 0.1) is 5.82 Å². The zero-order valence-electron chi connectivity index (χ0n) is 15.9. The Balaban J connectivity index is 1.37. The molecule has 1 aliphatic heterocycles. The van der Waals surface area contributed by atoms with Crippen LogP contribution in [0.4, 0.5) is 23.2 Å². The molecule has 1 amide bonds. The normalized spacial score (nSPS) is 15.4. The lowest BCUT2D eigenvalue weighted by Crippen LogP contribution is -2.47. The number of piperazine rings is 1. The summed E-state index contributed by atoms with van der Waals surface area (Å²) in [5, 5.41) is 2.73. The summed E-state index contributed by atoms with van der Waals surface area (Å²) < 4.78 is 51.5. The summed E-state index contributed by atoms with van der Waals surface area (Å²) in [6.45, 7) is 4.31. The van der Waals surface area contributed by atoms with Crippen LogP contribution in [0.2, 0.25) is 0 Å². The number of carbonyl (C=O) groups excluding carboxylic acids is 1. The van der Waals surface area contributed by atoms with E-state index in [9.17, 15) is 22.4 Å².